The minimum Gasteiger partial charge on any atom is -0.465 e. The van der Waals surface area contributed by atoms with Gasteiger partial charge in [-0.05, 0) is 32.5 Å². The second-order valence-corrected chi connectivity index (χ2v) is 5.30. The van der Waals surface area contributed by atoms with Crippen LogP contribution in [0.2, 0.25) is 0 Å². The SMILES string of the molecule is COC(=O)c1ccc(CN(C)CCC(C)O)s1. The molecule has 0 saturated carbocycles. The molecule has 1 rings (SSSR count). The van der Waals surface area contributed by atoms with Crippen molar-refractivity contribution < 1.29 is 14.6 Å². The number of esters is 1. The smallest absolute Gasteiger partial charge is 0.348 e. The Bertz CT molecular complexity index is 362. The molecule has 17 heavy (non-hydrogen) atoms. The Morgan fingerprint density at radius 3 is 2.88 bits per heavy atom. The van der Waals surface area contributed by atoms with Gasteiger partial charge in [-0.1, -0.05) is 0 Å². The van der Waals surface area contributed by atoms with E-state index < -0.39 is 0 Å². The van der Waals surface area contributed by atoms with E-state index in [1.807, 2.05) is 13.1 Å². The van der Waals surface area contributed by atoms with Crippen molar-refractivity contribution in [2.45, 2.75) is 26.0 Å². The molecule has 5 heteroatoms. The van der Waals surface area contributed by atoms with Crippen LogP contribution in [0.3, 0.4) is 0 Å². The van der Waals surface area contributed by atoms with Crippen LogP contribution < -0.4 is 0 Å². The average molecular weight is 257 g/mol. The van der Waals surface area contributed by atoms with Gasteiger partial charge in [-0.25, -0.2) is 4.79 Å². The van der Waals surface area contributed by atoms with Gasteiger partial charge in [0.15, 0.2) is 0 Å². The van der Waals surface area contributed by atoms with E-state index >= 15 is 0 Å². The Morgan fingerprint density at radius 2 is 2.29 bits per heavy atom. The predicted octanol–water partition coefficient (Wildman–Crippen LogP) is 1.74. The molecule has 96 valence electrons. The summed E-state index contributed by atoms with van der Waals surface area (Å²) in [5, 5.41) is 9.19. The lowest BCUT2D eigenvalue weighted by molar-refractivity contribution is 0.0606. The summed E-state index contributed by atoms with van der Waals surface area (Å²) in [4.78, 5) is 15.1. The van der Waals surface area contributed by atoms with Crippen molar-refractivity contribution in [3.63, 3.8) is 0 Å². The molecule has 1 N–H and O–H groups in total. The van der Waals surface area contributed by atoms with E-state index in [0.717, 1.165) is 24.4 Å². The lowest BCUT2D eigenvalue weighted by Gasteiger charge is -2.16. The van der Waals surface area contributed by atoms with Gasteiger partial charge in [-0.15, -0.1) is 11.3 Å². The molecule has 0 aliphatic carbocycles. The minimum atomic E-state index is -0.284. The third-order valence-electron chi connectivity index (χ3n) is 2.40. The first kappa shape index (κ1) is 14.2. The largest absolute Gasteiger partial charge is 0.465 e. The molecular formula is C12H19NO3S. The molecule has 1 aromatic heterocycles. The highest BCUT2D eigenvalue weighted by Crippen LogP contribution is 2.18. The summed E-state index contributed by atoms with van der Waals surface area (Å²) in [5.74, 6) is -0.284. The third kappa shape index (κ3) is 4.85. The van der Waals surface area contributed by atoms with Crippen LogP contribution in [0.25, 0.3) is 0 Å². The van der Waals surface area contributed by atoms with E-state index in [0.29, 0.717) is 4.88 Å². The van der Waals surface area contributed by atoms with E-state index in [9.17, 15) is 9.90 Å². The molecule has 0 fully saturated rings. The molecule has 0 spiro atoms. The number of aliphatic hydroxyl groups is 1. The number of hydrogen-bond donors (Lipinski definition) is 1. The number of carbonyl (C=O) groups is 1. The number of thiophene rings is 1. The molecule has 4 nitrogen and oxygen atoms in total. The first-order valence-electron chi connectivity index (χ1n) is 5.56. The summed E-state index contributed by atoms with van der Waals surface area (Å²) in [6.07, 6.45) is 0.484. The average Bonchev–Trinajstić information content (AvgIpc) is 2.73. The maximum atomic E-state index is 11.3. The Labute approximate surface area is 106 Å². The van der Waals surface area contributed by atoms with Crippen LogP contribution in [0, 0.1) is 0 Å². The molecule has 0 saturated heterocycles. The van der Waals surface area contributed by atoms with Crippen LogP contribution in [-0.4, -0.2) is 42.8 Å². The second-order valence-electron chi connectivity index (χ2n) is 4.13. The number of rotatable bonds is 6. The number of methoxy groups -OCH3 is 1. The molecule has 0 aliphatic heterocycles. The molecule has 1 unspecified atom stereocenters. The third-order valence-corrected chi connectivity index (χ3v) is 3.45. The fourth-order valence-corrected chi connectivity index (χ4v) is 2.43. The number of carbonyl (C=O) groups excluding carboxylic acids is 1. The zero-order valence-electron chi connectivity index (χ0n) is 10.5. The summed E-state index contributed by atoms with van der Waals surface area (Å²) in [7, 11) is 3.39. The Balaban J connectivity index is 2.46. The van der Waals surface area contributed by atoms with Crippen LogP contribution in [0.1, 0.15) is 27.9 Å². The summed E-state index contributed by atoms with van der Waals surface area (Å²) in [6.45, 7) is 3.41. The number of hydrogen-bond acceptors (Lipinski definition) is 5. The van der Waals surface area contributed by atoms with Crippen molar-refractivity contribution in [1.82, 2.24) is 4.90 Å². The van der Waals surface area contributed by atoms with Crippen molar-refractivity contribution >= 4 is 17.3 Å². The monoisotopic (exact) mass is 257 g/mol. The topological polar surface area (TPSA) is 49.8 Å². The highest BCUT2D eigenvalue weighted by Gasteiger charge is 2.10. The van der Waals surface area contributed by atoms with Gasteiger partial charge >= 0.3 is 5.97 Å². The summed E-state index contributed by atoms with van der Waals surface area (Å²) in [6, 6.07) is 3.73. The molecule has 0 bridgehead atoms. The van der Waals surface area contributed by atoms with E-state index in [2.05, 4.69) is 9.64 Å². The molecule has 1 atom stereocenters. The molecule has 1 heterocycles. The van der Waals surface area contributed by atoms with E-state index in [1.54, 1.807) is 13.0 Å². The minimum absolute atomic E-state index is 0.272. The van der Waals surface area contributed by atoms with Crippen LogP contribution in [0.5, 0.6) is 0 Å². The first-order valence-corrected chi connectivity index (χ1v) is 6.38. The maximum Gasteiger partial charge on any atom is 0.348 e. The van der Waals surface area contributed by atoms with Gasteiger partial charge < -0.3 is 14.7 Å². The van der Waals surface area contributed by atoms with Gasteiger partial charge in [0.05, 0.1) is 13.2 Å². The molecule has 0 aliphatic rings. The number of aliphatic hydroxyl groups excluding tert-OH is 1. The lowest BCUT2D eigenvalue weighted by atomic mass is 10.3. The normalized spacial score (nSPS) is 12.8. The van der Waals surface area contributed by atoms with Gasteiger partial charge in [0, 0.05) is 18.0 Å². The fraction of sp³-hybridized carbons (Fsp3) is 0.583. The summed E-state index contributed by atoms with van der Waals surface area (Å²) < 4.78 is 4.66. The van der Waals surface area contributed by atoms with Gasteiger partial charge in [-0.3, -0.25) is 0 Å². The highest BCUT2D eigenvalue weighted by atomic mass is 32.1. The van der Waals surface area contributed by atoms with E-state index in [1.165, 1.54) is 18.4 Å². The lowest BCUT2D eigenvalue weighted by Crippen LogP contribution is -2.21. The van der Waals surface area contributed by atoms with E-state index in [-0.39, 0.29) is 12.1 Å². The summed E-state index contributed by atoms with van der Waals surface area (Å²) >= 11 is 1.45. The molecular weight excluding hydrogens is 238 g/mol. The molecule has 0 aromatic carbocycles. The van der Waals surface area contributed by atoms with Gasteiger partial charge in [0.1, 0.15) is 4.88 Å². The van der Waals surface area contributed by atoms with E-state index in [4.69, 9.17) is 0 Å². The molecule has 0 amide bonds. The Kier molecular flexibility index (Phi) is 5.61. The second kappa shape index (κ2) is 6.74. The predicted molar refractivity (Wildman–Crippen MR) is 68.3 cm³/mol. The summed E-state index contributed by atoms with van der Waals surface area (Å²) in [5.41, 5.74) is 0. The van der Waals surface area contributed by atoms with Gasteiger partial charge in [0.25, 0.3) is 0 Å². The van der Waals surface area contributed by atoms with Crippen molar-refractivity contribution in [1.29, 1.82) is 0 Å². The van der Waals surface area contributed by atoms with Crippen molar-refractivity contribution in [3.05, 3.63) is 21.9 Å². The molecule has 1 aromatic rings. The van der Waals surface area contributed by atoms with Crippen molar-refractivity contribution in [2.75, 3.05) is 20.7 Å². The standard InChI is InChI=1S/C12H19NO3S/c1-9(14)6-7-13(2)8-10-4-5-11(17-10)12(15)16-3/h4-5,9,14H,6-8H2,1-3H3. The van der Waals surface area contributed by atoms with Crippen LogP contribution in [0.15, 0.2) is 12.1 Å². The van der Waals surface area contributed by atoms with Crippen LogP contribution in [-0.2, 0) is 11.3 Å². The molecule has 0 radical (unpaired) electrons. The van der Waals surface area contributed by atoms with Crippen molar-refractivity contribution in [3.8, 4) is 0 Å². The Morgan fingerprint density at radius 1 is 1.59 bits per heavy atom. The number of ether oxygens (including phenoxy) is 1. The quantitative estimate of drug-likeness (QED) is 0.789. The fourth-order valence-electron chi connectivity index (χ4n) is 1.43. The van der Waals surface area contributed by atoms with Gasteiger partial charge in [0.2, 0.25) is 0 Å². The van der Waals surface area contributed by atoms with Crippen LogP contribution in [0.4, 0.5) is 0 Å². The zero-order chi connectivity index (χ0) is 12.8. The number of nitrogens with zero attached hydrogens (tertiary/aromatic N) is 1. The van der Waals surface area contributed by atoms with Crippen LogP contribution >= 0.6 is 11.3 Å². The van der Waals surface area contributed by atoms with Gasteiger partial charge in [-0.2, -0.15) is 0 Å². The maximum absolute atomic E-state index is 11.3. The highest BCUT2D eigenvalue weighted by molar-refractivity contribution is 7.13. The van der Waals surface area contributed by atoms with Crippen molar-refractivity contribution in [2.24, 2.45) is 0 Å². The first-order chi connectivity index (χ1) is 8.02. The Hall–Kier alpha value is -0.910. The zero-order valence-corrected chi connectivity index (χ0v) is 11.3.